The highest BCUT2D eigenvalue weighted by atomic mass is 79.9. The maximum Gasteiger partial charge on any atom is 0.419 e. The van der Waals surface area contributed by atoms with Crippen LogP contribution in [0, 0.1) is 6.92 Å². The summed E-state index contributed by atoms with van der Waals surface area (Å²) >= 11 is 9.03. The molecule has 2 aromatic rings. The SMILES string of the molecule is Cc1cc(Oc2ccc(CBr)cc2C(F)(F)F)ccc1Cl. The quantitative estimate of drug-likeness (QED) is 0.564. The van der Waals surface area contributed by atoms with Crippen LogP contribution in [0.15, 0.2) is 36.4 Å². The van der Waals surface area contributed by atoms with Crippen LogP contribution in [-0.2, 0) is 11.5 Å². The van der Waals surface area contributed by atoms with E-state index in [1.807, 2.05) is 0 Å². The Labute approximate surface area is 133 Å². The second-order valence-electron chi connectivity index (χ2n) is 4.47. The molecule has 0 amide bonds. The van der Waals surface area contributed by atoms with E-state index in [1.54, 1.807) is 25.1 Å². The van der Waals surface area contributed by atoms with Gasteiger partial charge in [0.1, 0.15) is 11.5 Å². The van der Waals surface area contributed by atoms with Gasteiger partial charge < -0.3 is 4.74 Å². The molecule has 0 aromatic heterocycles. The molecule has 0 radical (unpaired) electrons. The van der Waals surface area contributed by atoms with Crippen LogP contribution in [0.25, 0.3) is 0 Å². The summed E-state index contributed by atoms with van der Waals surface area (Å²) in [6.07, 6.45) is -4.48. The predicted molar refractivity (Wildman–Crippen MR) is 80.3 cm³/mol. The average molecular weight is 380 g/mol. The van der Waals surface area contributed by atoms with Crippen molar-refractivity contribution in [3.8, 4) is 11.5 Å². The van der Waals surface area contributed by atoms with Crippen molar-refractivity contribution in [3.05, 3.63) is 58.1 Å². The fourth-order valence-electron chi connectivity index (χ4n) is 1.78. The number of hydrogen-bond acceptors (Lipinski definition) is 1. The molecule has 21 heavy (non-hydrogen) atoms. The zero-order valence-electron chi connectivity index (χ0n) is 11.0. The van der Waals surface area contributed by atoms with Crippen molar-refractivity contribution in [1.82, 2.24) is 0 Å². The molecule has 1 nitrogen and oxygen atoms in total. The highest BCUT2D eigenvalue weighted by Gasteiger charge is 2.34. The summed E-state index contributed by atoms with van der Waals surface area (Å²) in [4.78, 5) is 0. The molecule has 0 saturated carbocycles. The molecule has 112 valence electrons. The molecule has 2 rings (SSSR count). The second kappa shape index (κ2) is 6.28. The standard InChI is InChI=1S/C15H11BrClF3O/c1-9-6-11(3-4-13(9)17)21-14-5-2-10(8-16)7-12(14)15(18,19)20/h2-7H,8H2,1H3. The number of ether oxygens (including phenoxy) is 1. The van der Waals surface area contributed by atoms with Gasteiger partial charge in [-0.1, -0.05) is 33.6 Å². The first-order chi connectivity index (χ1) is 9.81. The van der Waals surface area contributed by atoms with Crippen molar-refractivity contribution in [2.24, 2.45) is 0 Å². The predicted octanol–water partition coefficient (Wildman–Crippen LogP) is 6.35. The minimum Gasteiger partial charge on any atom is -0.457 e. The van der Waals surface area contributed by atoms with Crippen LogP contribution < -0.4 is 4.74 Å². The monoisotopic (exact) mass is 378 g/mol. The maximum atomic E-state index is 13.1. The van der Waals surface area contributed by atoms with Gasteiger partial charge in [-0.25, -0.2) is 0 Å². The van der Waals surface area contributed by atoms with E-state index < -0.39 is 11.7 Å². The smallest absolute Gasteiger partial charge is 0.419 e. The third kappa shape index (κ3) is 3.92. The molecule has 0 bridgehead atoms. The average Bonchev–Trinajstić information content (AvgIpc) is 2.42. The molecule has 6 heteroatoms. The lowest BCUT2D eigenvalue weighted by Gasteiger charge is -2.15. The molecule has 0 spiro atoms. The minimum atomic E-state index is -4.48. The Morgan fingerprint density at radius 2 is 1.86 bits per heavy atom. The maximum absolute atomic E-state index is 13.1. The first-order valence-electron chi connectivity index (χ1n) is 6.01. The Kier molecular flexibility index (Phi) is 4.84. The van der Waals surface area contributed by atoms with Gasteiger partial charge in [0.2, 0.25) is 0 Å². The highest BCUT2D eigenvalue weighted by Crippen LogP contribution is 2.39. The largest absolute Gasteiger partial charge is 0.457 e. The van der Waals surface area contributed by atoms with Crippen molar-refractivity contribution in [2.45, 2.75) is 18.4 Å². The lowest BCUT2D eigenvalue weighted by atomic mass is 10.1. The Bertz CT molecular complexity index is 656. The zero-order valence-corrected chi connectivity index (χ0v) is 13.3. The van der Waals surface area contributed by atoms with Crippen LogP contribution in [0.4, 0.5) is 13.2 Å². The lowest BCUT2D eigenvalue weighted by molar-refractivity contribution is -0.138. The summed E-state index contributed by atoms with van der Waals surface area (Å²) in [5.41, 5.74) is 0.466. The molecule has 0 atom stereocenters. The van der Waals surface area contributed by atoms with E-state index >= 15 is 0 Å². The van der Waals surface area contributed by atoms with E-state index in [-0.39, 0.29) is 5.75 Å². The van der Waals surface area contributed by atoms with Crippen molar-refractivity contribution < 1.29 is 17.9 Å². The van der Waals surface area contributed by atoms with Gasteiger partial charge in [0.15, 0.2) is 0 Å². The van der Waals surface area contributed by atoms with Crippen LogP contribution in [0.1, 0.15) is 16.7 Å². The van der Waals surface area contributed by atoms with E-state index in [2.05, 4.69) is 15.9 Å². The summed E-state index contributed by atoms with van der Waals surface area (Å²) in [7, 11) is 0. The van der Waals surface area contributed by atoms with Gasteiger partial charge in [0.05, 0.1) is 5.56 Å². The number of benzene rings is 2. The van der Waals surface area contributed by atoms with Crippen molar-refractivity contribution in [3.63, 3.8) is 0 Å². The van der Waals surface area contributed by atoms with Gasteiger partial charge in [0.25, 0.3) is 0 Å². The van der Waals surface area contributed by atoms with Gasteiger partial charge in [-0.2, -0.15) is 13.2 Å². The molecule has 0 aliphatic carbocycles. The van der Waals surface area contributed by atoms with Crippen LogP contribution in [0.5, 0.6) is 11.5 Å². The fraction of sp³-hybridized carbons (Fsp3) is 0.200. The van der Waals surface area contributed by atoms with Gasteiger partial charge in [-0.05, 0) is 48.4 Å². The Balaban J connectivity index is 2.41. The molecule has 2 aromatic carbocycles. The lowest BCUT2D eigenvalue weighted by Crippen LogP contribution is -2.07. The van der Waals surface area contributed by atoms with Crippen LogP contribution >= 0.6 is 27.5 Å². The molecule has 0 unspecified atom stereocenters. The van der Waals surface area contributed by atoms with Crippen molar-refractivity contribution in [2.75, 3.05) is 0 Å². The van der Waals surface area contributed by atoms with Gasteiger partial charge in [-0.15, -0.1) is 0 Å². The molecule has 0 aliphatic rings. The summed E-state index contributed by atoms with van der Waals surface area (Å²) in [5, 5.41) is 0.879. The van der Waals surface area contributed by atoms with Gasteiger partial charge >= 0.3 is 6.18 Å². The zero-order chi connectivity index (χ0) is 15.6. The fourth-order valence-corrected chi connectivity index (χ4v) is 2.24. The molecule has 0 fully saturated rings. The van der Waals surface area contributed by atoms with E-state index in [0.717, 1.165) is 11.6 Å². The molecule has 0 saturated heterocycles. The van der Waals surface area contributed by atoms with Gasteiger partial charge in [0, 0.05) is 10.4 Å². The third-order valence-electron chi connectivity index (χ3n) is 2.86. The van der Waals surface area contributed by atoms with Crippen LogP contribution in [0.2, 0.25) is 5.02 Å². The van der Waals surface area contributed by atoms with Crippen molar-refractivity contribution >= 4 is 27.5 Å². The van der Waals surface area contributed by atoms with Crippen LogP contribution in [0.3, 0.4) is 0 Å². The molecular weight excluding hydrogens is 369 g/mol. The molecule has 0 N–H and O–H groups in total. The first kappa shape index (κ1) is 16.2. The summed E-state index contributed by atoms with van der Waals surface area (Å²) in [6.45, 7) is 1.76. The molecule has 0 aliphatic heterocycles. The van der Waals surface area contributed by atoms with E-state index in [4.69, 9.17) is 16.3 Å². The molecule has 0 heterocycles. The topological polar surface area (TPSA) is 9.23 Å². The van der Waals surface area contributed by atoms with Gasteiger partial charge in [-0.3, -0.25) is 0 Å². The summed E-state index contributed by atoms with van der Waals surface area (Å²) in [5.74, 6) is 0.0860. The summed E-state index contributed by atoms with van der Waals surface area (Å²) < 4.78 is 44.7. The van der Waals surface area contributed by atoms with E-state index in [1.165, 1.54) is 12.1 Å². The molecular formula is C15H11BrClF3O. The Morgan fingerprint density at radius 3 is 2.43 bits per heavy atom. The normalized spacial score (nSPS) is 11.5. The Hall–Kier alpha value is -1.20. The number of rotatable bonds is 3. The van der Waals surface area contributed by atoms with E-state index in [0.29, 0.717) is 21.7 Å². The number of hydrogen-bond donors (Lipinski definition) is 0. The first-order valence-corrected chi connectivity index (χ1v) is 7.51. The third-order valence-corrected chi connectivity index (χ3v) is 3.93. The highest BCUT2D eigenvalue weighted by molar-refractivity contribution is 9.08. The number of aryl methyl sites for hydroxylation is 1. The van der Waals surface area contributed by atoms with E-state index in [9.17, 15) is 13.2 Å². The summed E-state index contributed by atoms with van der Waals surface area (Å²) in [6, 6.07) is 8.71. The number of halogens is 5. The number of alkyl halides is 4. The second-order valence-corrected chi connectivity index (χ2v) is 5.44. The van der Waals surface area contributed by atoms with Crippen LogP contribution in [-0.4, -0.2) is 0 Å². The minimum absolute atomic E-state index is 0.228. The van der Waals surface area contributed by atoms with Crippen molar-refractivity contribution in [1.29, 1.82) is 0 Å². The Morgan fingerprint density at radius 1 is 1.14 bits per heavy atom.